The summed E-state index contributed by atoms with van der Waals surface area (Å²) >= 11 is 1.92. The molecule has 0 aliphatic carbocycles. The maximum atomic E-state index is 12.7. The molecule has 1 unspecified atom stereocenters. The Morgan fingerprint density at radius 2 is 1.88 bits per heavy atom. The van der Waals surface area contributed by atoms with E-state index in [0.29, 0.717) is 24.8 Å². The Kier molecular flexibility index (Phi) is 5.49. The number of carbonyl (C=O) groups excluding carboxylic acids is 2. The molecule has 130 valence electrons. The number of likely N-dealkylation sites (tertiary alicyclic amines) is 2. The number of piperidine rings is 1. The fourth-order valence-corrected chi connectivity index (χ4v) is 4.63. The number of aryl methyl sites for hydroxylation is 1. The van der Waals surface area contributed by atoms with E-state index in [9.17, 15) is 9.59 Å². The lowest BCUT2D eigenvalue weighted by Crippen LogP contribution is -2.43. The normalized spacial score (nSPS) is 22.2. The maximum Gasteiger partial charge on any atom is 0.227 e. The first-order valence-corrected chi connectivity index (χ1v) is 9.74. The quantitative estimate of drug-likeness (QED) is 0.842. The van der Waals surface area contributed by atoms with Crippen LogP contribution in [0, 0.1) is 12.8 Å². The molecule has 5 heteroatoms. The monoisotopic (exact) mass is 346 g/mol. The van der Waals surface area contributed by atoms with E-state index in [2.05, 4.69) is 31.2 Å². The first-order chi connectivity index (χ1) is 11.6. The van der Waals surface area contributed by atoms with Crippen LogP contribution in [0.25, 0.3) is 0 Å². The molecule has 1 aromatic rings. The van der Waals surface area contributed by atoms with Gasteiger partial charge in [-0.3, -0.25) is 9.59 Å². The minimum absolute atomic E-state index is 0.126. The molecular formula is C19H26N2O2S. The highest BCUT2D eigenvalue weighted by atomic mass is 32.2. The summed E-state index contributed by atoms with van der Waals surface area (Å²) in [5, 5.41) is 0.578. The number of amides is 2. The van der Waals surface area contributed by atoms with Crippen molar-refractivity contribution >= 4 is 23.6 Å². The van der Waals surface area contributed by atoms with Crippen molar-refractivity contribution in [2.75, 3.05) is 26.2 Å². The molecule has 24 heavy (non-hydrogen) atoms. The van der Waals surface area contributed by atoms with Crippen LogP contribution in [0.4, 0.5) is 0 Å². The minimum atomic E-state index is -0.126. The van der Waals surface area contributed by atoms with E-state index in [0.717, 1.165) is 25.9 Å². The molecule has 0 bridgehead atoms. The SMILES string of the molecule is CCN1CC(C(=O)N2CCC(Sc3ccc(C)cc3)CC2)CC1=O. The maximum absolute atomic E-state index is 12.7. The molecule has 2 saturated heterocycles. The van der Waals surface area contributed by atoms with E-state index in [1.165, 1.54) is 10.5 Å². The largest absolute Gasteiger partial charge is 0.342 e. The van der Waals surface area contributed by atoms with Crippen LogP contribution in [0.15, 0.2) is 29.2 Å². The molecule has 2 heterocycles. The number of rotatable bonds is 4. The lowest BCUT2D eigenvalue weighted by atomic mass is 10.0. The van der Waals surface area contributed by atoms with Gasteiger partial charge >= 0.3 is 0 Å². The summed E-state index contributed by atoms with van der Waals surface area (Å²) < 4.78 is 0. The molecule has 1 atom stereocenters. The van der Waals surface area contributed by atoms with Gasteiger partial charge in [-0.2, -0.15) is 0 Å². The molecule has 0 spiro atoms. The average molecular weight is 346 g/mol. The van der Waals surface area contributed by atoms with Crippen molar-refractivity contribution in [3.63, 3.8) is 0 Å². The molecule has 4 nitrogen and oxygen atoms in total. The minimum Gasteiger partial charge on any atom is -0.342 e. The number of thioether (sulfide) groups is 1. The summed E-state index contributed by atoms with van der Waals surface area (Å²) in [4.78, 5) is 29.6. The van der Waals surface area contributed by atoms with Crippen molar-refractivity contribution in [1.82, 2.24) is 9.80 Å². The number of carbonyl (C=O) groups is 2. The molecule has 0 radical (unpaired) electrons. The fraction of sp³-hybridized carbons (Fsp3) is 0.579. The smallest absolute Gasteiger partial charge is 0.227 e. The summed E-state index contributed by atoms with van der Waals surface area (Å²) in [6, 6.07) is 8.66. The molecule has 0 N–H and O–H groups in total. The molecule has 1 aromatic carbocycles. The third-order valence-electron chi connectivity index (χ3n) is 5.02. The topological polar surface area (TPSA) is 40.6 Å². The Morgan fingerprint density at radius 3 is 2.46 bits per heavy atom. The second-order valence-electron chi connectivity index (χ2n) is 6.79. The van der Waals surface area contributed by atoms with Crippen molar-refractivity contribution < 1.29 is 9.59 Å². The summed E-state index contributed by atoms with van der Waals surface area (Å²) in [6.07, 6.45) is 2.45. The van der Waals surface area contributed by atoms with Crippen LogP contribution in [-0.4, -0.2) is 53.0 Å². The van der Waals surface area contributed by atoms with Gasteiger partial charge in [0.15, 0.2) is 0 Å². The van der Waals surface area contributed by atoms with Gasteiger partial charge in [-0.15, -0.1) is 11.8 Å². The highest BCUT2D eigenvalue weighted by molar-refractivity contribution is 8.00. The predicted octanol–water partition coefficient (Wildman–Crippen LogP) is 2.95. The lowest BCUT2D eigenvalue weighted by Gasteiger charge is -2.33. The van der Waals surface area contributed by atoms with E-state index in [1.807, 2.05) is 23.6 Å². The van der Waals surface area contributed by atoms with Gasteiger partial charge in [0.25, 0.3) is 0 Å². The molecule has 2 fully saturated rings. The van der Waals surface area contributed by atoms with Crippen LogP contribution in [0.3, 0.4) is 0 Å². The molecule has 0 saturated carbocycles. The van der Waals surface area contributed by atoms with Crippen LogP contribution in [0.1, 0.15) is 31.7 Å². The standard InChI is InChI=1S/C19H26N2O2S/c1-3-20-13-15(12-18(20)22)19(23)21-10-8-17(9-11-21)24-16-6-4-14(2)5-7-16/h4-7,15,17H,3,8-13H2,1-2H3. The summed E-state index contributed by atoms with van der Waals surface area (Å²) in [5.74, 6) is 0.178. The number of benzene rings is 1. The molecule has 2 aliphatic heterocycles. The van der Waals surface area contributed by atoms with Crippen LogP contribution >= 0.6 is 11.8 Å². The third kappa shape index (κ3) is 3.94. The first-order valence-electron chi connectivity index (χ1n) is 8.86. The second kappa shape index (κ2) is 7.60. The zero-order valence-corrected chi connectivity index (χ0v) is 15.3. The lowest BCUT2D eigenvalue weighted by molar-refractivity contribution is -0.136. The van der Waals surface area contributed by atoms with Gasteiger partial charge in [0.05, 0.1) is 5.92 Å². The number of hydrogen-bond donors (Lipinski definition) is 0. The Bertz CT molecular complexity index is 594. The van der Waals surface area contributed by atoms with Crippen LogP contribution in [-0.2, 0) is 9.59 Å². The van der Waals surface area contributed by atoms with Crippen molar-refractivity contribution in [2.24, 2.45) is 5.92 Å². The number of nitrogens with zero attached hydrogens (tertiary/aromatic N) is 2. The Hall–Kier alpha value is -1.49. The van der Waals surface area contributed by atoms with Crippen molar-refractivity contribution in [3.8, 4) is 0 Å². The summed E-state index contributed by atoms with van der Waals surface area (Å²) in [5.41, 5.74) is 1.28. The van der Waals surface area contributed by atoms with E-state index in [-0.39, 0.29) is 17.7 Å². The van der Waals surface area contributed by atoms with Crippen molar-refractivity contribution in [1.29, 1.82) is 0 Å². The third-order valence-corrected chi connectivity index (χ3v) is 6.37. The molecular weight excluding hydrogens is 320 g/mol. The van der Waals surface area contributed by atoms with Gasteiger partial charge in [-0.25, -0.2) is 0 Å². The Labute approximate surface area is 148 Å². The zero-order chi connectivity index (χ0) is 17.1. The van der Waals surface area contributed by atoms with Crippen molar-refractivity contribution in [2.45, 2.75) is 43.3 Å². The molecule has 0 aromatic heterocycles. The Morgan fingerprint density at radius 1 is 1.21 bits per heavy atom. The van der Waals surface area contributed by atoms with Crippen molar-refractivity contribution in [3.05, 3.63) is 29.8 Å². The van der Waals surface area contributed by atoms with Gasteiger partial charge < -0.3 is 9.80 Å². The first kappa shape index (κ1) is 17.3. The van der Waals surface area contributed by atoms with E-state index < -0.39 is 0 Å². The summed E-state index contributed by atoms with van der Waals surface area (Å²) in [7, 11) is 0. The van der Waals surface area contributed by atoms with Gasteiger partial charge in [0, 0.05) is 42.7 Å². The molecule has 3 rings (SSSR count). The van der Waals surface area contributed by atoms with Gasteiger partial charge in [-0.1, -0.05) is 17.7 Å². The zero-order valence-electron chi connectivity index (χ0n) is 14.5. The van der Waals surface area contributed by atoms with E-state index in [4.69, 9.17) is 0 Å². The van der Waals surface area contributed by atoms with E-state index >= 15 is 0 Å². The molecule has 2 amide bonds. The van der Waals surface area contributed by atoms with Crippen LogP contribution in [0.2, 0.25) is 0 Å². The van der Waals surface area contributed by atoms with E-state index in [1.54, 1.807) is 4.90 Å². The summed E-state index contributed by atoms with van der Waals surface area (Å²) in [6.45, 7) is 7.02. The highest BCUT2D eigenvalue weighted by Gasteiger charge is 2.36. The number of hydrogen-bond acceptors (Lipinski definition) is 3. The van der Waals surface area contributed by atoms with Gasteiger partial charge in [0.2, 0.25) is 11.8 Å². The van der Waals surface area contributed by atoms with Gasteiger partial charge in [0.1, 0.15) is 0 Å². The van der Waals surface area contributed by atoms with Crippen LogP contribution < -0.4 is 0 Å². The second-order valence-corrected chi connectivity index (χ2v) is 8.16. The predicted molar refractivity (Wildman–Crippen MR) is 97.0 cm³/mol. The fourth-order valence-electron chi connectivity index (χ4n) is 3.50. The average Bonchev–Trinajstić information content (AvgIpc) is 2.98. The van der Waals surface area contributed by atoms with Gasteiger partial charge in [-0.05, 0) is 38.8 Å². The Balaban J connectivity index is 1.49. The molecule has 2 aliphatic rings. The highest BCUT2D eigenvalue weighted by Crippen LogP contribution is 2.31. The van der Waals surface area contributed by atoms with Crippen LogP contribution in [0.5, 0.6) is 0 Å².